The van der Waals surface area contributed by atoms with Crippen molar-refractivity contribution < 1.29 is 35.1 Å². The van der Waals surface area contributed by atoms with Crippen LogP contribution >= 0.6 is 0 Å². The molecule has 1 aliphatic rings. The molecule has 0 bridgehead atoms. The van der Waals surface area contributed by atoms with Crippen LogP contribution in [0.25, 0.3) is 0 Å². The Labute approximate surface area is 136 Å². The van der Waals surface area contributed by atoms with Crippen LogP contribution in [0.15, 0.2) is 24.3 Å². The third kappa shape index (κ3) is 2.22. The average Bonchev–Trinajstić information content (AvgIpc) is 2.50. The fourth-order valence-electron chi connectivity index (χ4n) is 2.82. The van der Waals surface area contributed by atoms with E-state index in [2.05, 4.69) is 0 Å². The molecule has 5 N–H and O–H groups in total. The summed E-state index contributed by atoms with van der Waals surface area (Å²) in [4.78, 5) is 25.2. The van der Waals surface area contributed by atoms with E-state index in [9.17, 15) is 35.1 Å². The van der Waals surface area contributed by atoms with Crippen LogP contribution in [0.1, 0.15) is 50.4 Å². The fraction of sp³-hybridized carbons (Fsp3) is 0.176. The zero-order valence-corrected chi connectivity index (χ0v) is 12.5. The van der Waals surface area contributed by atoms with Gasteiger partial charge in [0.15, 0.2) is 5.78 Å². The third-order valence-electron chi connectivity index (χ3n) is 3.98. The van der Waals surface area contributed by atoms with Gasteiger partial charge < -0.3 is 25.5 Å². The number of phenols is 3. The largest absolute Gasteiger partial charge is 0.508 e. The Morgan fingerprint density at radius 1 is 0.792 bits per heavy atom. The molecule has 3 rings (SSSR count). The molecule has 0 aromatic heterocycles. The van der Waals surface area contributed by atoms with E-state index in [1.165, 1.54) is 13.0 Å². The van der Waals surface area contributed by atoms with Crippen LogP contribution in [0.5, 0.6) is 17.2 Å². The summed E-state index contributed by atoms with van der Waals surface area (Å²) in [5, 5.41) is 48.9. The molecule has 2 aromatic carbocycles. The normalized spacial score (nSPS) is 15.6. The summed E-state index contributed by atoms with van der Waals surface area (Å²) in [6.45, 7) is 1.33. The Bertz CT molecular complexity index is 883. The highest BCUT2D eigenvalue weighted by Gasteiger charge is 2.35. The summed E-state index contributed by atoms with van der Waals surface area (Å²) < 4.78 is 0. The number of fused-ring (bicyclic) bond motifs is 2. The Morgan fingerprint density at radius 3 is 1.92 bits per heavy atom. The Morgan fingerprint density at radius 2 is 1.33 bits per heavy atom. The van der Waals surface area contributed by atoms with Crippen LogP contribution in [-0.4, -0.2) is 43.2 Å². The Hall–Kier alpha value is -2.90. The molecule has 7 heteroatoms. The molecule has 0 unspecified atom stereocenters. The summed E-state index contributed by atoms with van der Waals surface area (Å²) in [7, 11) is 0. The molecule has 0 aliphatic heterocycles. The standard InChI is InChI=1S/C17H14O7/c1-6(18)15(22)7-2-9-13(11(20)3-7)17(24)14-10(16(9)23)4-8(19)5-12(14)21/h2-6,15,18-22H,1H3/t6-,15-/m1/s1. The lowest BCUT2D eigenvalue weighted by atomic mass is 9.81. The molecule has 124 valence electrons. The number of carbonyl (C=O) groups excluding carboxylic acids is 2. The van der Waals surface area contributed by atoms with Gasteiger partial charge in [0.2, 0.25) is 5.78 Å². The van der Waals surface area contributed by atoms with Crippen LogP contribution in [0, 0.1) is 0 Å². The van der Waals surface area contributed by atoms with Crippen molar-refractivity contribution in [1.82, 2.24) is 0 Å². The number of aromatic hydroxyl groups is 3. The quantitative estimate of drug-likeness (QED) is 0.473. The second-order valence-electron chi connectivity index (χ2n) is 5.69. The van der Waals surface area contributed by atoms with Crippen LogP contribution in [0.4, 0.5) is 0 Å². The molecular formula is C17H14O7. The first kappa shape index (κ1) is 16.0. The van der Waals surface area contributed by atoms with Gasteiger partial charge in [0.05, 0.1) is 17.2 Å². The first-order valence-electron chi connectivity index (χ1n) is 7.10. The summed E-state index contributed by atoms with van der Waals surface area (Å²) in [6.07, 6.45) is -2.51. The van der Waals surface area contributed by atoms with Gasteiger partial charge >= 0.3 is 0 Å². The number of aliphatic hydroxyl groups is 2. The van der Waals surface area contributed by atoms with Crippen molar-refractivity contribution in [2.24, 2.45) is 0 Å². The molecule has 0 fully saturated rings. The first-order valence-corrected chi connectivity index (χ1v) is 7.10. The van der Waals surface area contributed by atoms with Gasteiger partial charge in [0.25, 0.3) is 0 Å². The molecule has 0 heterocycles. The predicted molar refractivity (Wildman–Crippen MR) is 81.4 cm³/mol. The third-order valence-corrected chi connectivity index (χ3v) is 3.98. The number of hydrogen-bond donors (Lipinski definition) is 5. The second kappa shape index (κ2) is 5.33. The molecule has 1 aliphatic carbocycles. The smallest absolute Gasteiger partial charge is 0.201 e. The highest BCUT2D eigenvalue weighted by molar-refractivity contribution is 6.30. The van der Waals surface area contributed by atoms with Crippen molar-refractivity contribution in [2.45, 2.75) is 19.1 Å². The number of ketones is 2. The van der Waals surface area contributed by atoms with Crippen LogP contribution in [-0.2, 0) is 0 Å². The summed E-state index contributed by atoms with van der Waals surface area (Å²) in [6, 6.07) is 4.27. The molecule has 0 saturated carbocycles. The maximum atomic E-state index is 12.6. The average molecular weight is 330 g/mol. The maximum absolute atomic E-state index is 12.6. The van der Waals surface area contributed by atoms with Crippen molar-refractivity contribution in [1.29, 1.82) is 0 Å². The number of carbonyl (C=O) groups is 2. The summed E-state index contributed by atoms with van der Waals surface area (Å²) in [5.41, 5.74) is -0.907. The van der Waals surface area contributed by atoms with Gasteiger partial charge in [-0.05, 0) is 30.7 Å². The number of rotatable bonds is 2. The van der Waals surface area contributed by atoms with Crippen LogP contribution in [0.3, 0.4) is 0 Å². The molecule has 0 spiro atoms. The highest BCUT2D eigenvalue weighted by atomic mass is 16.3. The fourth-order valence-corrected chi connectivity index (χ4v) is 2.82. The van der Waals surface area contributed by atoms with E-state index in [0.29, 0.717) is 0 Å². The predicted octanol–water partition coefficient (Wildman–Crippen LogP) is 0.993. The molecule has 24 heavy (non-hydrogen) atoms. The van der Waals surface area contributed by atoms with Gasteiger partial charge in [0, 0.05) is 17.2 Å². The monoisotopic (exact) mass is 330 g/mol. The van der Waals surface area contributed by atoms with Crippen molar-refractivity contribution in [2.75, 3.05) is 0 Å². The molecule has 0 radical (unpaired) electrons. The summed E-state index contributed by atoms with van der Waals surface area (Å²) in [5.74, 6) is -2.96. The minimum atomic E-state index is -1.36. The minimum Gasteiger partial charge on any atom is -0.508 e. The zero-order valence-electron chi connectivity index (χ0n) is 12.5. The molecule has 2 atom stereocenters. The van der Waals surface area contributed by atoms with E-state index < -0.39 is 35.3 Å². The van der Waals surface area contributed by atoms with Crippen molar-refractivity contribution in [3.8, 4) is 17.2 Å². The first-order chi connectivity index (χ1) is 11.2. The number of benzene rings is 2. The van der Waals surface area contributed by atoms with E-state index >= 15 is 0 Å². The maximum Gasteiger partial charge on any atom is 0.201 e. The highest BCUT2D eigenvalue weighted by Crippen LogP contribution is 2.40. The molecule has 2 aromatic rings. The van der Waals surface area contributed by atoms with Crippen LogP contribution in [0.2, 0.25) is 0 Å². The second-order valence-corrected chi connectivity index (χ2v) is 5.69. The Balaban J connectivity index is 2.27. The SMILES string of the molecule is C[C@@H](O)[C@@H](O)c1cc(O)c2c(c1)C(=O)c1cc(O)cc(O)c1C2=O. The van der Waals surface area contributed by atoms with Gasteiger partial charge in [0.1, 0.15) is 23.4 Å². The zero-order chi connectivity index (χ0) is 17.8. The van der Waals surface area contributed by atoms with Crippen molar-refractivity contribution >= 4 is 11.6 Å². The number of aliphatic hydroxyl groups excluding tert-OH is 2. The Kier molecular flexibility index (Phi) is 3.55. The molecule has 0 amide bonds. The van der Waals surface area contributed by atoms with E-state index in [-0.39, 0.29) is 33.6 Å². The number of hydrogen-bond acceptors (Lipinski definition) is 7. The van der Waals surface area contributed by atoms with Gasteiger partial charge in [-0.1, -0.05) is 0 Å². The minimum absolute atomic E-state index is 0.0650. The number of phenolic OH excluding ortho intramolecular Hbond substituents is 3. The lowest BCUT2D eigenvalue weighted by molar-refractivity contribution is 0.0303. The van der Waals surface area contributed by atoms with Gasteiger partial charge in [-0.25, -0.2) is 0 Å². The van der Waals surface area contributed by atoms with E-state index in [1.54, 1.807) is 0 Å². The van der Waals surface area contributed by atoms with E-state index in [0.717, 1.165) is 18.2 Å². The van der Waals surface area contributed by atoms with Crippen molar-refractivity contribution in [3.63, 3.8) is 0 Å². The van der Waals surface area contributed by atoms with Crippen molar-refractivity contribution in [3.05, 3.63) is 52.1 Å². The summed E-state index contributed by atoms with van der Waals surface area (Å²) >= 11 is 0. The van der Waals surface area contributed by atoms with Gasteiger partial charge in [-0.2, -0.15) is 0 Å². The molecular weight excluding hydrogens is 316 g/mol. The molecule has 7 nitrogen and oxygen atoms in total. The van der Waals surface area contributed by atoms with Crippen LogP contribution < -0.4 is 0 Å². The van der Waals surface area contributed by atoms with E-state index in [1.807, 2.05) is 0 Å². The topological polar surface area (TPSA) is 135 Å². The lowest BCUT2D eigenvalue weighted by Gasteiger charge is -2.22. The lowest BCUT2D eigenvalue weighted by Crippen LogP contribution is -2.22. The van der Waals surface area contributed by atoms with Gasteiger partial charge in [-0.3, -0.25) is 9.59 Å². The van der Waals surface area contributed by atoms with Gasteiger partial charge in [-0.15, -0.1) is 0 Å². The molecule has 0 saturated heterocycles. The van der Waals surface area contributed by atoms with E-state index in [4.69, 9.17) is 0 Å².